The van der Waals surface area contributed by atoms with Gasteiger partial charge in [0.2, 0.25) is 5.91 Å². The molecule has 1 aromatic carbocycles. The van der Waals surface area contributed by atoms with Gasteiger partial charge in [0.15, 0.2) is 0 Å². The molecule has 2 heterocycles. The maximum absolute atomic E-state index is 13.1. The Labute approximate surface area is 123 Å². The third kappa shape index (κ3) is 2.44. The number of halogens is 1. The topological polar surface area (TPSA) is 46.9 Å². The number of anilines is 1. The minimum absolute atomic E-state index is 0.0391. The number of rotatable bonds is 1. The molecule has 1 atom stereocenters. The molecule has 21 heavy (non-hydrogen) atoms. The molecule has 1 aromatic heterocycles. The molecule has 0 saturated carbocycles. The number of hydrogen-bond acceptors (Lipinski definition) is 2. The summed E-state index contributed by atoms with van der Waals surface area (Å²) in [4.78, 5) is 12.0. The van der Waals surface area contributed by atoms with Gasteiger partial charge in [-0.05, 0) is 38.5 Å². The predicted octanol–water partition coefficient (Wildman–Crippen LogP) is 3.25. The number of nitrogens with one attached hydrogen (secondary N) is 1. The number of carbonyl (C=O) groups is 1. The third-order valence-corrected chi connectivity index (χ3v) is 3.73. The van der Waals surface area contributed by atoms with Gasteiger partial charge in [-0.15, -0.1) is 0 Å². The molecule has 0 fully saturated rings. The van der Waals surface area contributed by atoms with Crippen molar-refractivity contribution in [3.8, 4) is 0 Å². The van der Waals surface area contributed by atoms with Gasteiger partial charge in [-0.25, -0.2) is 9.07 Å². The lowest BCUT2D eigenvalue weighted by atomic mass is 9.87. The smallest absolute Gasteiger partial charge is 0.226 e. The van der Waals surface area contributed by atoms with Gasteiger partial charge < -0.3 is 5.32 Å². The van der Waals surface area contributed by atoms with Gasteiger partial charge in [-0.1, -0.05) is 12.1 Å². The van der Waals surface area contributed by atoms with E-state index < -0.39 is 0 Å². The van der Waals surface area contributed by atoms with Gasteiger partial charge >= 0.3 is 0 Å². The van der Waals surface area contributed by atoms with Crippen LogP contribution in [0.1, 0.15) is 44.2 Å². The summed E-state index contributed by atoms with van der Waals surface area (Å²) in [6.45, 7) is 6.11. The Morgan fingerprint density at radius 2 is 1.95 bits per heavy atom. The first-order chi connectivity index (χ1) is 9.86. The highest BCUT2D eigenvalue weighted by Gasteiger charge is 2.32. The van der Waals surface area contributed by atoms with Crippen LogP contribution >= 0.6 is 0 Å². The van der Waals surface area contributed by atoms with Crippen LogP contribution in [0, 0.1) is 5.82 Å². The number of fused-ring (bicyclic) bond motifs is 1. The van der Waals surface area contributed by atoms with Crippen LogP contribution in [0.5, 0.6) is 0 Å². The molecule has 0 radical (unpaired) electrons. The molecule has 110 valence electrons. The molecule has 1 aliphatic heterocycles. The van der Waals surface area contributed by atoms with Crippen LogP contribution in [-0.4, -0.2) is 15.7 Å². The fourth-order valence-electron chi connectivity index (χ4n) is 2.72. The zero-order chi connectivity index (χ0) is 15.2. The van der Waals surface area contributed by atoms with Crippen LogP contribution in [0.25, 0.3) is 0 Å². The molecule has 1 amide bonds. The van der Waals surface area contributed by atoms with E-state index in [1.54, 1.807) is 18.3 Å². The summed E-state index contributed by atoms with van der Waals surface area (Å²) in [7, 11) is 0. The van der Waals surface area contributed by atoms with E-state index in [0.717, 1.165) is 16.9 Å². The third-order valence-electron chi connectivity index (χ3n) is 3.73. The van der Waals surface area contributed by atoms with Crippen LogP contribution in [0.3, 0.4) is 0 Å². The van der Waals surface area contributed by atoms with Gasteiger partial charge in [0, 0.05) is 17.9 Å². The molecule has 0 spiro atoms. The minimum atomic E-state index is -0.273. The van der Waals surface area contributed by atoms with Crippen LogP contribution < -0.4 is 5.32 Å². The second kappa shape index (κ2) is 4.69. The van der Waals surface area contributed by atoms with Crippen molar-refractivity contribution in [2.24, 2.45) is 0 Å². The summed E-state index contributed by atoms with van der Waals surface area (Å²) in [5, 5.41) is 7.34. The number of amides is 1. The molecule has 1 N–H and O–H groups in total. The Morgan fingerprint density at radius 1 is 1.29 bits per heavy atom. The lowest BCUT2D eigenvalue weighted by Gasteiger charge is -2.28. The highest BCUT2D eigenvalue weighted by atomic mass is 19.1. The number of nitrogens with zero attached hydrogens (tertiary/aromatic N) is 2. The molecule has 0 unspecified atom stereocenters. The minimum Gasteiger partial charge on any atom is -0.311 e. The first kappa shape index (κ1) is 13.8. The van der Waals surface area contributed by atoms with Crippen molar-refractivity contribution < 1.29 is 9.18 Å². The number of aromatic nitrogens is 2. The predicted molar refractivity (Wildman–Crippen MR) is 78.7 cm³/mol. The van der Waals surface area contributed by atoms with Crippen LogP contribution in [0.4, 0.5) is 10.2 Å². The van der Waals surface area contributed by atoms with Crippen LogP contribution in [0.2, 0.25) is 0 Å². The summed E-state index contributed by atoms with van der Waals surface area (Å²) >= 11 is 0. The summed E-state index contributed by atoms with van der Waals surface area (Å²) in [6, 6.07) is 6.32. The highest BCUT2D eigenvalue weighted by Crippen LogP contribution is 2.38. The maximum Gasteiger partial charge on any atom is 0.226 e. The zero-order valence-electron chi connectivity index (χ0n) is 12.4. The molecule has 0 bridgehead atoms. The Bertz CT molecular complexity index is 683. The van der Waals surface area contributed by atoms with Crippen molar-refractivity contribution in [3.63, 3.8) is 0 Å². The van der Waals surface area contributed by atoms with Crippen molar-refractivity contribution in [1.82, 2.24) is 9.78 Å². The molecular formula is C16H18FN3O. The molecule has 2 aromatic rings. The standard InChI is InChI=1S/C16H18FN3O/c1-16(2,3)20-15-13(9-18-20)12(8-14(21)19-15)10-4-6-11(17)7-5-10/h4-7,9,12H,8H2,1-3H3,(H,19,21)/t12-/m0/s1. The quantitative estimate of drug-likeness (QED) is 0.875. The largest absolute Gasteiger partial charge is 0.311 e. The average molecular weight is 287 g/mol. The molecule has 5 heteroatoms. The Balaban J connectivity index is 2.09. The average Bonchev–Trinajstić information content (AvgIpc) is 2.82. The SMILES string of the molecule is CC(C)(C)n1ncc2c1NC(=O)C[C@H]2c1ccc(F)cc1. The second-order valence-electron chi connectivity index (χ2n) is 6.39. The van der Waals surface area contributed by atoms with E-state index in [1.807, 2.05) is 25.5 Å². The number of hydrogen-bond donors (Lipinski definition) is 1. The number of benzene rings is 1. The Hall–Kier alpha value is -2.17. The van der Waals surface area contributed by atoms with Gasteiger partial charge in [0.25, 0.3) is 0 Å². The zero-order valence-corrected chi connectivity index (χ0v) is 12.4. The van der Waals surface area contributed by atoms with Crippen molar-refractivity contribution in [1.29, 1.82) is 0 Å². The van der Waals surface area contributed by atoms with E-state index in [1.165, 1.54) is 12.1 Å². The van der Waals surface area contributed by atoms with Crippen molar-refractivity contribution in [2.45, 2.75) is 38.6 Å². The number of carbonyl (C=O) groups excluding carboxylic acids is 1. The summed E-state index contributed by atoms with van der Waals surface area (Å²) < 4.78 is 14.9. The van der Waals surface area contributed by atoms with E-state index in [2.05, 4.69) is 10.4 Å². The van der Waals surface area contributed by atoms with Crippen LogP contribution in [0.15, 0.2) is 30.5 Å². The maximum atomic E-state index is 13.1. The lowest BCUT2D eigenvalue weighted by molar-refractivity contribution is -0.116. The lowest BCUT2D eigenvalue weighted by Crippen LogP contribution is -2.30. The van der Waals surface area contributed by atoms with Crippen molar-refractivity contribution in [3.05, 3.63) is 47.4 Å². The van der Waals surface area contributed by atoms with E-state index >= 15 is 0 Å². The van der Waals surface area contributed by atoms with Crippen molar-refractivity contribution in [2.75, 3.05) is 5.32 Å². The molecular weight excluding hydrogens is 269 g/mol. The first-order valence-corrected chi connectivity index (χ1v) is 7.00. The van der Waals surface area contributed by atoms with E-state index in [-0.39, 0.29) is 23.2 Å². The van der Waals surface area contributed by atoms with E-state index in [9.17, 15) is 9.18 Å². The molecule has 4 nitrogen and oxygen atoms in total. The summed E-state index contributed by atoms with van der Waals surface area (Å²) in [5.41, 5.74) is 1.70. The van der Waals surface area contributed by atoms with Gasteiger partial charge in [-0.2, -0.15) is 5.10 Å². The van der Waals surface area contributed by atoms with Gasteiger partial charge in [0.05, 0.1) is 11.7 Å². The first-order valence-electron chi connectivity index (χ1n) is 7.00. The van der Waals surface area contributed by atoms with Gasteiger partial charge in [-0.3, -0.25) is 4.79 Å². The van der Waals surface area contributed by atoms with E-state index in [4.69, 9.17) is 0 Å². The van der Waals surface area contributed by atoms with Gasteiger partial charge in [0.1, 0.15) is 11.6 Å². The van der Waals surface area contributed by atoms with Crippen molar-refractivity contribution >= 4 is 11.7 Å². The second-order valence-corrected chi connectivity index (χ2v) is 6.39. The molecule has 1 aliphatic rings. The molecule has 0 aliphatic carbocycles. The normalized spacial score (nSPS) is 18.3. The monoisotopic (exact) mass is 287 g/mol. The fourth-order valence-corrected chi connectivity index (χ4v) is 2.72. The van der Waals surface area contributed by atoms with Crippen LogP contribution in [-0.2, 0) is 10.3 Å². The molecule has 3 rings (SSSR count). The molecule has 0 saturated heterocycles. The summed E-state index contributed by atoms with van der Waals surface area (Å²) in [6.07, 6.45) is 2.16. The fraction of sp³-hybridized carbons (Fsp3) is 0.375. The van der Waals surface area contributed by atoms with E-state index in [0.29, 0.717) is 6.42 Å². The Morgan fingerprint density at radius 3 is 2.57 bits per heavy atom. The Kier molecular flexibility index (Phi) is 3.08. The highest BCUT2D eigenvalue weighted by molar-refractivity contribution is 5.94. The summed E-state index contributed by atoms with van der Waals surface area (Å²) in [5.74, 6) is 0.353.